The van der Waals surface area contributed by atoms with Crippen LogP contribution in [0.15, 0.2) is 18.2 Å². The highest BCUT2D eigenvalue weighted by Crippen LogP contribution is 2.34. The summed E-state index contributed by atoms with van der Waals surface area (Å²) in [6.45, 7) is 8.26. The van der Waals surface area contributed by atoms with Gasteiger partial charge < -0.3 is 15.0 Å². The lowest BCUT2D eigenvalue weighted by molar-refractivity contribution is -0.131. The van der Waals surface area contributed by atoms with E-state index in [0.29, 0.717) is 22.1 Å². The third kappa shape index (κ3) is 6.03. The second-order valence-electron chi connectivity index (χ2n) is 8.81. The topological polar surface area (TPSA) is 44.8 Å². The number of amides is 1. The molecule has 0 aromatic heterocycles. The second kappa shape index (κ2) is 11.0. The maximum absolute atomic E-state index is 12.0. The Kier molecular flexibility index (Phi) is 8.70. The van der Waals surface area contributed by atoms with Gasteiger partial charge in [0.15, 0.2) is 0 Å². The average Bonchev–Trinajstić information content (AvgIpc) is 2.75. The molecule has 2 fully saturated rings. The van der Waals surface area contributed by atoms with Gasteiger partial charge in [-0.15, -0.1) is 0 Å². The number of methoxy groups -OCH3 is 1. The molecular formula is C23H35Cl2N3O2. The van der Waals surface area contributed by atoms with Gasteiger partial charge in [0.25, 0.3) is 0 Å². The summed E-state index contributed by atoms with van der Waals surface area (Å²) in [6, 6.07) is 6.58. The van der Waals surface area contributed by atoms with E-state index in [2.05, 4.69) is 28.1 Å². The maximum Gasteiger partial charge on any atom is 0.249 e. The van der Waals surface area contributed by atoms with Crippen LogP contribution in [0, 0.1) is 5.92 Å². The summed E-state index contributed by atoms with van der Waals surface area (Å²) in [5.41, 5.74) is 1.04. The van der Waals surface area contributed by atoms with Gasteiger partial charge in [-0.1, -0.05) is 29.3 Å². The first kappa shape index (κ1) is 23.6. The van der Waals surface area contributed by atoms with Gasteiger partial charge in [0, 0.05) is 38.8 Å². The molecule has 1 aromatic rings. The third-order valence-electron chi connectivity index (χ3n) is 6.72. The van der Waals surface area contributed by atoms with Crippen LogP contribution in [0.3, 0.4) is 0 Å². The summed E-state index contributed by atoms with van der Waals surface area (Å²) in [5.74, 6) is 0.765. The Morgan fingerprint density at radius 3 is 2.63 bits per heavy atom. The summed E-state index contributed by atoms with van der Waals surface area (Å²) in [4.78, 5) is 16.9. The normalized spacial score (nSPS) is 26.4. The number of hydrogen-bond acceptors (Lipinski definition) is 4. The minimum Gasteiger partial charge on any atom is -0.372 e. The summed E-state index contributed by atoms with van der Waals surface area (Å²) in [7, 11) is 1.57. The number of carbonyl (C=O) groups is 1. The van der Waals surface area contributed by atoms with E-state index in [1.165, 1.54) is 19.3 Å². The molecule has 7 heteroatoms. The quantitative estimate of drug-likeness (QED) is 0.651. The Labute approximate surface area is 191 Å². The molecule has 0 spiro atoms. The molecule has 1 aliphatic carbocycles. The fourth-order valence-corrected chi connectivity index (χ4v) is 5.10. The number of nitrogens with one attached hydrogen (secondary N) is 1. The molecule has 30 heavy (non-hydrogen) atoms. The zero-order valence-electron chi connectivity index (χ0n) is 18.4. The van der Waals surface area contributed by atoms with Crippen LogP contribution in [0.25, 0.3) is 0 Å². The fourth-order valence-electron chi connectivity index (χ4n) is 4.69. The third-order valence-corrected chi connectivity index (χ3v) is 7.53. The number of carbonyl (C=O) groups excluding carboxylic acids is 1. The number of hydrogen-bond donors (Lipinski definition) is 1. The zero-order valence-corrected chi connectivity index (χ0v) is 19.9. The number of benzene rings is 1. The molecule has 0 bridgehead atoms. The van der Waals surface area contributed by atoms with E-state index in [1.807, 2.05) is 12.1 Å². The molecule has 0 radical (unpaired) electrons. The summed E-state index contributed by atoms with van der Waals surface area (Å²) >= 11 is 12.6. The number of ether oxygens (including phenoxy) is 1. The average molecular weight is 456 g/mol. The van der Waals surface area contributed by atoms with Gasteiger partial charge in [-0.3, -0.25) is 9.69 Å². The van der Waals surface area contributed by atoms with Crippen LogP contribution in [-0.2, 0) is 9.53 Å². The first-order valence-electron chi connectivity index (χ1n) is 11.1. The molecule has 1 heterocycles. The van der Waals surface area contributed by atoms with Gasteiger partial charge in [-0.05, 0) is 70.5 Å². The van der Waals surface area contributed by atoms with Crippen LogP contribution in [0.1, 0.15) is 46.0 Å². The van der Waals surface area contributed by atoms with Crippen molar-refractivity contribution >= 4 is 34.8 Å². The molecule has 2 aliphatic rings. The van der Waals surface area contributed by atoms with Crippen LogP contribution in [0.2, 0.25) is 10.0 Å². The van der Waals surface area contributed by atoms with Crippen LogP contribution in [-0.4, -0.2) is 62.3 Å². The smallest absolute Gasteiger partial charge is 0.249 e. The van der Waals surface area contributed by atoms with Crippen molar-refractivity contribution in [2.45, 2.75) is 64.1 Å². The molecule has 1 amide bonds. The lowest BCUT2D eigenvalue weighted by Gasteiger charge is -2.42. The zero-order chi connectivity index (χ0) is 21.7. The molecule has 168 valence electrons. The predicted molar refractivity (Wildman–Crippen MR) is 125 cm³/mol. The molecule has 3 rings (SSSR count). The van der Waals surface area contributed by atoms with Gasteiger partial charge in [0.05, 0.1) is 15.7 Å². The van der Waals surface area contributed by atoms with E-state index >= 15 is 0 Å². The number of halogens is 2. The first-order valence-corrected chi connectivity index (χ1v) is 11.9. The van der Waals surface area contributed by atoms with Crippen LogP contribution < -0.4 is 10.2 Å². The molecule has 1 N–H and O–H groups in total. The van der Waals surface area contributed by atoms with Crippen molar-refractivity contribution in [1.82, 2.24) is 10.2 Å². The van der Waals surface area contributed by atoms with Crippen molar-refractivity contribution in [3.8, 4) is 0 Å². The number of nitrogens with zero attached hydrogens (tertiary/aromatic N) is 2. The number of rotatable bonds is 7. The fraction of sp³-hybridized carbons (Fsp3) is 0.696. The predicted octanol–water partition coefficient (Wildman–Crippen LogP) is 4.60. The highest BCUT2D eigenvalue weighted by atomic mass is 35.5. The monoisotopic (exact) mass is 455 g/mol. The standard InChI is InChI=1S/C23H35Cl2N3O2/c1-16-15-27(13-14-28(16)21-6-4-5-20(24)22(21)25)12-11-18-7-9-19(10-8-18)26-23(29)17(2)30-3/h4-6,16-19H,7-15H2,1-3H3,(H,26,29)/t16-,17+,18?,19?/m1/s1. The summed E-state index contributed by atoms with van der Waals surface area (Å²) < 4.78 is 5.10. The highest BCUT2D eigenvalue weighted by molar-refractivity contribution is 6.43. The Morgan fingerprint density at radius 1 is 1.23 bits per heavy atom. The van der Waals surface area contributed by atoms with Gasteiger partial charge in [-0.25, -0.2) is 0 Å². The molecule has 0 unspecified atom stereocenters. The van der Waals surface area contributed by atoms with Crippen LogP contribution in [0.5, 0.6) is 0 Å². The van der Waals surface area contributed by atoms with Crippen molar-refractivity contribution in [2.75, 3.05) is 38.2 Å². The molecule has 1 saturated heterocycles. The molecule has 1 saturated carbocycles. The number of anilines is 1. The SMILES string of the molecule is CO[C@@H](C)C(=O)NC1CCC(CCN2CCN(c3cccc(Cl)c3Cl)[C@H](C)C2)CC1. The minimum absolute atomic E-state index is 0.00705. The Bertz CT molecular complexity index is 710. The van der Waals surface area contributed by atoms with Gasteiger partial charge in [-0.2, -0.15) is 0 Å². The number of piperazine rings is 1. The van der Waals surface area contributed by atoms with E-state index in [-0.39, 0.29) is 12.0 Å². The largest absolute Gasteiger partial charge is 0.372 e. The Morgan fingerprint density at radius 2 is 1.97 bits per heavy atom. The van der Waals surface area contributed by atoms with E-state index in [0.717, 1.165) is 50.6 Å². The first-order chi connectivity index (χ1) is 14.4. The lowest BCUT2D eigenvalue weighted by atomic mass is 9.84. The van der Waals surface area contributed by atoms with E-state index in [9.17, 15) is 4.79 Å². The van der Waals surface area contributed by atoms with Crippen molar-refractivity contribution in [3.05, 3.63) is 28.2 Å². The maximum atomic E-state index is 12.0. The van der Waals surface area contributed by atoms with Crippen LogP contribution in [0.4, 0.5) is 5.69 Å². The molecular weight excluding hydrogens is 421 g/mol. The van der Waals surface area contributed by atoms with Gasteiger partial charge in [0.2, 0.25) is 5.91 Å². The van der Waals surface area contributed by atoms with Crippen LogP contribution >= 0.6 is 23.2 Å². The summed E-state index contributed by atoms with van der Waals surface area (Å²) in [5, 5.41) is 4.40. The minimum atomic E-state index is -0.370. The highest BCUT2D eigenvalue weighted by Gasteiger charge is 2.28. The van der Waals surface area contributed by atoms with Crippen molar-refractivity contribution in [3.63, 3.8) is 0 Å². The van der Waals surface area contributed by atoms with Crippen molar-refractivity contribution < 1.29 is 9.53 Å². The molecule has 1 aliphatic heterocycles. The Balaban J connectivity index is 1.40. The lowest BCUT2D eigenvalue weighted by Crippen LogP contribution is -2.52. The van der Waals surface area contributed by atoms with Gasteiger partial charge >= 0.3 is 0 Å². The van der Waals surface area contributed by atoms with Crippen molar-refractivity contribution in [1.29, 1.82) is 0 Å². The Hall–Kier alpha value is -1.01. The van der Waals surface area contributed by atoms with E-state index in [1.54, 1.807) is 14.0 Å². The molecule has 1 aromatic carbocycles. The second-order valence-corrected chi connectivity index (χ2v) is 9.59. The van der Waals surface area contributed by atoms with Gasteiger partial charge in [0.1, 0.15) is 6.10 Å². The molecule has 2 atom stereocenters. The molecule has 5 nitrogen and oxygen atoms in total. The van der Waals surface area contributed by atoms with E-state index < -0.39 is 0 Å². The summed E-state index contributed by atoms with van der Waals surface area (Å²) in [6.07, 6.45) is 5.40. The van der Waals surface area contributed by atoms with E-state index in [4.69, 9.17) is 27.9 Å². The van der Waals surface area contributed by atoms with Crippen molar-refractivity contribution in [2.24, 2.45) is 5.92 Å².